The van der Waals surface area contributed by atoms with Crippen LogP contribution >= 0.6 is 11.8 Å². The van der Waals surface area contributed by atoms with Crippen molar-refractivity contribution in [1.82, 2.24) is 4.90 Å². The largest absolute Gasteiger partial charge is 0.497 e. The Morgan fingerprint density at radius 1 is 1.29 bits per heavy atom. The molecule has 2 atom stereocenters. The molecule has 2 nitrogen and oxygen atoms in total. The molecule has 1 aromatic rings. The number of rotatable bonds is 3. The van der Waals surface area contributed by atoms with Gasteiger partial charge in [-0.1, -0.05) is 12.1 Å². The van der Waals surface area contributed by atoms with Gasteiger partial charge in [-0.05, 0) is 35.8 Å². The molecule has 2 aliphatic heterocycles. The van der Waals surface area contributed by atoms with Gasteiger partial charge in [0.2, 0.25) is 0 Å². The Morgan fingerprint density at radius 2 is 2.12 bits per heavy atom. The molecule has 2 bridgehead atoms. The lowest BCUT2D eigenvalue weighted by Crippen LogP contribution is -2.30. The molecular weight excluding hydrogens is 230 g/mol. The number of methoxy groups -OCH3 is 1. The maximum atomic E-state index is 5.19. The second-order valence-corrected chi connectivity index (χ2v) is 6.15. The Balaban J connectivity index is 1.66. The molecule has 2 fully saturated rings. The first-order chi connectivity index (χ1) is 8.35. The highest BCUT2D eigenvalue weighted by atomic mass is 32.2. The van der Waals surface area contributed by atoms with Gasteiger partial charge in [0.05, 0.1) is 7.11 Å². The van der Waals surface area contributed by atoms with Gasteiger partial charge in [0.25, 0.3) is 0 Å². The van der Waals surface area contributed by atoms with Gasteiger partial charge in [-0.15, -0.1) is 0 Å². The Bertz CT molecular complexity index is 378. The van der Waals surface area contributed by atoms with E-state index >= 15 is 0 Å². The summed E-state index contributed by atoms with van der Waals surface area (Å²) in [7, 11) is 1.72. The average Bonchev–Trinajstić information content (AvgIpc) is 2.65. The Hall–Kier alpha value is -0.670. The predicted octanol–water partition coefficient (Wildman–Crippen LogP) is 2.63. The number of hydrogen-bond acceptors (Lipinski definition) is 3. The Morgan fingerprint density at radius 3 is 2.82 bits per heavy atom. The lowest BCUT2D eigenvalue weighted by atomic mass is 10.1. The van der Waals surface area contributed by atoms with E-state index in [2.05, 4.69) is 40.9 Å². The topological polar surface area (TPSA) is 12.5 Å². The van der Waals surface area contributed by atoms with Crippen LogP contribution in [0.3, 0.4) is 0 Å². The summed E-state index contributed by atoms with van der Waals surface area (Å²) in [5.74, 6) is 4.59. The summed E-state index contributed by atoms with van der Waals surface area (Å²) in [6.45, 7) is 2.40. The molecule has 2 saturated heterocycles. The maximum absolute atomic E-state index is 5.19. The fourth-order valence-corrected chi connectivity index (χ4v) is 4.24. The van der Waals surface area contributed by atoms with Gasteiger partial charge in [0.1, 0.15) is 5.75 Å². The van der Waals surface area contributed by atoms with Gasteiger partial charge in [-0.25, -0.2) is 0 Å². The van der Waals surface area contributed by atoms with Gasteiger partial charge in [0.15, 0.2) is 0 Å². The lowest BCUT2D eigenvalue weighted by molar-refractivity contribution is 0.262. The standard InChI is InChI=1S/C14H19NOS/c1-16-14-4-2-11(3-5-14)7-15-8-12-6-13(15)10-17-9-12/h2-5,12-13H,6-10H2,1H3/t12-,13+/m1/s1. The lowest BCUT2D eigenvalue weighted by Gasteiger charge is -2.24. The van der Waals surface area contributed by atoms with E-state index in [4.69, 9.17) is 4.74 Å². The van der Waals surface area contributed by atoms with Crippen LogP contribution in [-0.4, -0.2) is 36.1 Å². The summed E-state index contributed by atoms with van der Waals surface area (Å²) in [6, 6.07) is 9.32. The minimum atomic E-state index is 0.820. The summed E-state index contributed by atoms with van der Waals surface area (Å²) >= 11 is 2.13. The van der Waals surface area contributed by atoms with Gasteiger partial charge in [-0.2, -0.15) is 11.8 Å². The number of likely N-dealkylation sites (tertiary alicyclic amines) is 1. The van der Waals surface area contributed by atoms with E-state index in [0.29, 0.717) is 0 Å². The van der Waals surface area contributed by atoms with Crippen LogP contribution in [0.5, 0.6) is 5.75 Å². The van der Waals surface area contributed by atoms with Crippen molar-refractivity contribution in [1.29, 1.82) is 0 Å². The summed E-state index contributed by atoms with van der Waals surface area (Å²) < 4.78 is 5.19. The molecule has 0 N–H and O–H groups in total. The van der Waals surface area contributed by atoms with E-state index in [9.17, 15) is 0 Å². The smallest absolute Gasteiger partial charge is 0.118 e. The van der Waals surface area contributed by atoms with E-state index < -0.39 is 0 Å². The predicted molar refractivity (Wildman–Crippen MR) is 72.6 cm³/mol. The van der Waals surface area contributed by atoms with E-state index in [0.717, 1.165) is 24.3 Å². The summed E-state index contributed by atoms with van der Waals surface area (Å²) in [4.78, 5) is 2.66. The highest BCUT2D eigenvalue weighted by molar-refractivity contribution is 7.99. The number of fused-ring (bicyclic) bond motifs is 2. The van der Waals surface area contributed by atoms with Crippen LogP contribution in [0.2, 0.25) is 0 Å². The zero-order valence-corrected chi connectivity index (χ0v) is 11.1. The molecule has 1 aromatic carbocycles. The summed E-state index contributed by atoms with van der Waals surface area (Å²) in [5.41, 5.74) is 1.41. The molecule has 0 saturated carbocycles. The van der Waals surface area contributed by atoms with E-state index in [-0.39, 0.29) is 0 Å². The summed E-state index contributed by atoms with van der Waals surface area (Å²) in [6.07, 6.45) is 1.42. The van der Waals surface area contributed by atoms with E-state index in [1.807, 2.05) is 0 Å². The first-order valence-electron chi connectivity index (χ1n) is 6.30. The van der Waals surface area contributed by atoms with Crippen LogP contribution in [0.15, 0.2) is 24.3 Å². The molecular formula is C14H19NOS. The minimum absolute atomic E-state index is 0.820. The second kappa shape index (κ2) is 4.91. The molecule has 2 heterocycles. The van der Waals surface area contributed by atoms with Crippen molar-refractivity contribution in [3.05, 3.63) is 29.8 Å². The number of thioether (sulfide) groups is 1. The molecule has 92 valence electrons. The van der Waals surface area contributed by atoms with Gasteiger partial charge in [-0.3, -0.25) is 4.90 Å². The van der Waals surface area contributed by atoms with Crippen molar-refractivity contribution >= 4 is 11.8 Å². The van der Waals surface area contributed by atoms with Crippen molar-refractivity contribution in [2.75, 3.05) is 25.2 Å². The molecule has 0 spiro atoms. The molecule has 0 aliphatic carbocycles. The van der Waals surface area contributed by atoms with Gasteiger partial charge >= 0.3 is 0 Å². The number of ether oxygens (including phenoxy) is 1. The number of hydrogen-bond donors (Lipinski definition) is 0. The van der Waals surface area contributed by atoms with Crippen molar-refractivity contribution in [2.24, 2.45) is 5.92 Å². The molecule has 0 unspecified atom stereocenters. The van der Waals surface area contributed by atoms with E-state index in [1.165, 1.54) is 30.0 Å². The molecule has 17 heavy (non-hydrogen) atoms. The van der Waals surface area contributed by atoms with Gasteiger partial charge < -0.3 is 4.74 Å². The Kier molecular flexibility index (Phi) is 3.30. The highest BCUT2D eigenvalue weighted by Gasteiger charge is 2.35. The van der Waals surface area contributed by atoms with Crippen LogP contribution in [0.25, 0.3) is 0 Å². The van der Waals surface area contributed by atoms with Crippen molar-refractivity contribution in [3.8, 4) is 5.75 Å². The van der Waals surface area contributed by atoms with Crippen LogP contribution in [-0.2, 0) is 6.54 Å². The average molecular weight is 249 g/mol. The molecule has 0 radical (unpaired) electrons. The van der Waals surface area contributed by atoms with Crippen molar-refractivity contribution in [3.63, 3.8) is 0 Å². The molecule has 0 amide bonds. The van der Waals surface area contributed by atoms with Crippen molar-refractivity contribution < 1.29 is 4.74 Å². The van der Waals surface area contributed by atoms with Crippen LogP contribution in [0.4, 0.5) is 0 Å². The van der Waals surface area contributed by atoms with Crippen LogP contribution in [0.1, 0.15) is 12.0 Å². The monoisotopic (exact) mass is 249 g/mol. The first kappa shape index (κ1) is 11.4. The fourth-order valence-electron chi connectivity index (χ4n) is 2.91. The molecule has 3 rings (SSSR count). The Labute approximate surface area is 107 Å². The van der Waals surface area contributed by atoms with Crippen LogP contribution < -0.4 is 4.74 Å². The zero-order chi connectivity index (χ0) is 11.7. The SMILES string of the molecule is COc1ccc(CN2C[C@@H]3CSC[C@@H]2C3)cc1. The maximum Gasteiger partial charge on any atom is 0.118 e. The molecule has 3 heteroatoms. The molecule has 2 aliphatic rings. The third kappa shape index (κ3) is 2.45. The quantitative estimate of drug-likeness (QED) is 0.817. The highest BCUT2D eigenvalue weighted by Crippen LogP contribution is 2.34. The van der Waals surface area contributed by atoms with Gasteiger partial charge in [0, 0.05) is 24.9 Å². The van der Waals surface area contributed by atoms with Crippen LogP contribution in [0, 0.1) is 5.92 Å². The molecule has 0 aromatic heterocycles. The fraction of sp³-hybridized carbons (Fsp3) is 0.571. The van der Waals surface area contributed by atoms with Crippen molar-refractivity contribution in [2.45, 2.75) is 19.0 Å². The normalized spacial score (nSPS) is 28.3. The summed E-state index contributed by atoms with van der Waals surface area (Å²) in [5, 5.41) is 0. The third-order valence-corrected chi connectivity index (χ3v) is 5.15. The number of benzene rings is 1. The minimum Gasteiger partial charge on any atom is -0.497 e. The first-order valence-corrected chi connectivity index (χ1v) is 7.45. The second-order valence-electron chi connectivity index (χ2n) is 5.07. The number of nitrogens with zero attached hydrogens (tertiary/aromatic N) is 1. The zero-order valence-electron chi connectivity index (χ0n) is 10.3. The third-order valence-electron chi connectivity index (χ3n) is 3.82. The van der Waals surface area contributed by atoms with E-state index in [1.54, 1.807) is 7.11 Å².